The minimum Gasteiger partial charge on any atom is -0.389 e. The molecule has 19 heavy (non-hydrogen) atoms. The molecule has 0 aliphatic carbocycles. The smallest absolute Gasteiger partial charge is 0.273 e. The highest BCUT2D eigenvalue weighted by atomic mass is 79.9. The molecular weight excluding hydrogens is 328 g/mol. The number of hydrogen-bond acceptors (Lipinski definition) is 3. The first kappa shape index (κ1) is 13.7. The van der Waals surface area contributed by atoms with Crippen LogP contribution in [0.25, 0.3) is 0 Å². The van der Waals surface area contributed by atoms with Gasteiger partial charge < -0.3 is 11.1 Å². The molecule has 0 unspecified atom stereocenters. The van der Waals surface area contributed by atoms with Crippen molar-refractivity contribution in [3.63, 3.8) is 0 Å². The zero-order chi connectivity index (χ0) is 14.0. The Balaban J connectivity index is 2.32. The van der Waals surface area contributed by atoms with Gasteiger partial charge in [-0.2, -0.15) is 5.10 Å². The Hall–Kier alpha value is -1.73. The molecule has 7 heteroatoms. The van der Waals surface area contributed by atoms with E-state index in [1.54, 1.807) is 37.5 Å². The van der Waals surface area contributed by atoms with Gasteiger partial charge in [0, 0.05) is 23.3 Å². The third-order valence-electron chi connectivity index (χ3n) is 2.55. The molecule has 0 atom stereocenters. The summed E-state index contributed by atoms with van der Waals surface area (Å²) < 4.78 is 2.34. The number of carbonyl (C=O) groups excluding carboxylic acids is 1. The van der Waals surface area contributed by atoms with Gasteiger partial charge in [0.1, 0.15) is 10.7 Å². The summed E-state index contributed by atoms with van der Waals surface area (Å²) in [6.45, 7) is 0. The number of anilines is 1. The first-order valence-electron chi connectivity index (χ1n) is 5.37. The minimum atomic E-state index is -0.264. The van der Waals surface area contributed by atoms with E-state index in [9.17, 15) is 4.79 Å². The molecule has 0 saturated carbocycles. The lowest BCUT2D eigenvalue weighted by molar-refractivity contribution is 0.101. The first-order chi connectivity index (χ1) is 8.99. The highest BCUT2D eigenvalue weighted by molar-refractivity contribution is 9.10. The summed E-state index contributed by atoms with van der Waals surface area (Å²) in [5.74, 6) is -0.264. The Morgan fingerprint density at radius 1 is 1.47 bits per heavy atom. The summed E-state index contributed by atoms with van der Waals surface area (Å²) in [4.78, 5) is 12.3. The van der Waals surface area contributed by atoms with Gasteiger partial charge in [0.15, 0.2) is 0 Å². The molecule has 0 fully saturated rings. The fourth-order valence-corrected chi connectivity index (χ4v) is 2.14. The second kappa shape index (κ2) is 5.50. The van der Waals surface area contributed by atoms with Crippen molar-refractivity contribution in [3.8, 4) is 0 Å². The molecule has 1 heterocycles. The van der Waals surface area contributed by atoms with E-state index < -0.39 is 0 Å². The molecule has 0 aliphatic rings. The van der Waals surface area contributed by atoms with Crippen LogP contribution in [0.5, 0.6) is 0 Å². The Bertz CT molecular complexity index is 653. The summed E-state index contributed by atoms with van der Waals surface area (Å²) >= 11 is 8.32. The first-order valence-corrected chi connectivity index (χ1v) is 6.58. The predicted molar refractivity (Wildman–Crippen MR) is 81.2 cm³/mol. The second-order valence-electron chi connectivity index (χ2n) is 3.85. The largest absolute Gasteiger partial charge is 0.389 e. The van der Waals surface area contributed by atoms with Crippen LogP contribution in [0.3, 0.4) is 0 Å². The highest BCUT2D eigenvalue weighted by Gasteiger charge is 2.13. The van der Waals surface area contributed by atoms with Crippen molar-refractivity contribution in [2.24, 2.45) is 12.8 Å². The number of aromatic nitrogens is 2. The zero-order valence-corrected chi connectivity index (χ0v) is 12.5. The van der Waals surface area contributed by atoms with Gasteiger partial charge in [-0.05, 0) is 24.3 Å². The molecule has 0 radical (unpaired) electrons. The molecule has 1 amide bonds. The molecule has 0 bridgehead atoms. The average molecular weight is 339 g/mol. The number of nitrogens with one attached hydrogen (secondary N) is 1. The Labute approximate surface area is 123 Å². The fourth-order valence-electron chi connectivity index (χ4n) is 1.61. The molecule has 0 spiro atoms. The number of aryl methyl sites for hydroxylation is 1. The van der Waals surface area contributed by atoms with Crippen LogP contribution in [0.4, 0.5) is 5.69 Å². The van der Waals surface area contributed by atoms with Crippen molar-refractivity contribution in [3.05, 3.63) is 46.2 Å². The number of amides is 1. The molecule has 98 valence electrons. The maximum atomic E-state index is 12.1. The molecule has 0 aliphatic heterocycles. The predicted octanol–water partition coefficient (Wildman–Crippen LogP) is 2.07. The number of hydrogen-bond donors (Lipinski definition) is 2. The molecule has 3 N–H and O–H groups in total. The van der Waals surface area contributed by atoms with Gasteiger partial charge in [-0.25, -0.2) is 0 Å². The number of thiocarbonyl (C=S) groups is 1. The van der Waals surface area contributed by atoms with Crippen LogP contribution >= 0.6 is 28.1 Å². The zero-order valence-electron chi connectivity index (χ0n) is 10.1. The molecule has 2 rings (SSSR count). The van der Waals surface area contributed by atoms with Crippen LogP contribution in [0, 0.1) is 0 Å². The number of nitrogens with two attached hydrogens (primary N) is 1. The lowest BCUT2D eigenvalue weighted by atomic mass is 10.1. The molecule has 5 nitrogen and oxygen atoms in total. The van der Waals surface area contributed by atoms with Crippen molar-refractivity contribution in [1.29, 1.82) is 0 Å². The standard InChI is InChI=1S/C12H11BrN4OS/c1-17-10(4-5-15-17)12(18)16-9-3-2-7(13)6-8(9)11(14)19/h2-6H,1H3,(H2,14,19)(H,16,18). The minimum absolute atomic E-state index is 0.224. The maximum Gasteiger partial charge on any atom is 0.273 e. The summed E-state index contributed by atoms with van der Waals surface area (Å²) in [6, 6.07) is 6.95. The second-order valence-corrected chi connectivity index (χ2v) is 5.20. The number of halogens is 1. The van der Waals surface area contributed by atoms with Crippen molar-refractivity contribution in [2.75, 3.05) is 5.32 Å². The Kier molecular flexibility index (Phi) is 3.96. The van der Waals surface area contributed by atoms with E-state index in [0.29, 0.717) is 16.9 Å². The fraction of sp³-hybridized carbons (Fsp3) is 0.0833. The van der Waals surface area contributed by atoms with Gasteiger partial charge in [0.25, 0.3) is 5.91 Å². The van der Waals surface area contributed by atoms with Gasteiger partial charge in [-0.1, -0.05) is 28.1 Å². The molecule has 1 aromatic heterocycles. The van der Waals surface area contributed by atoms with Crippen molar-refractivity contribution in [1.82, 2.24) is 9.78 Å². The van der Waals surface area contributed by atoms with E-state index >= 15 is 0 Å². The van der Waals surface area contributed by atoms with Crippen molar-refractivity contribution < 1.29 is 4.79 Å². The van der Waals surface area contributed by atoms with Crippen LogP contribution in [-0.2, 0) is 7.05 Å². The third kappa shape index (κ3) is 2.99. The van der Waals surface area contributed by atoms with Gasteiger partial charge in [-0.15, -0.1) is 0 Å². The van der Waals surface area contributed by atoms with E-state index in [1.165, 1.54) is 4.68 Å². The van der Waals surface area contributed by atoms with Crippen LogP contribution in [0.15, 0.2) is 34.9 Å². The van der Waals surface area contributed by atoms with E-state index in [-0.39, 0.29) is 10.9 Å². The van der Waals surface area contributed by atoms with Crippen LogP contribution in [0.2, 0.25) is 0 Å². The van der Waals surface area contributed by atoms with Gasteiger partial charge in [0.05, 0.1) is 5.69 Å². The monoisotopic (exact) mass is 338 g/mol. The van der Waals surface area contributed by atoms with Crippen LogP contribution < -0.4 is 11.1 Å². The SMILES string of the molecule is Cn1nccc1C(=O)Nc1ccc(Br)cc1C(N)=S. The molecular formula is C12H11BrN4OS. The van der Waals surface area contributed by atoms with Crippen LogP contribution in [0.1, 0.15) is 16.1 Å². The van der Waals surface area contributed by atoms with E-state index in [2.05, 4.69) is 26.3 Å². The number of rotatable bonds is 3. The van der Waals surface area contributed by atoms with E-state index in [1.807, 2.05) is 0 Å². The van der Waals surface area contributed by atoms with Crippen molar-refractivity contribution in [2.45, 2.75) is 0 Å². The summed E-state index contributed by atoms with van der Waals surface area (Å²) in [7, 11) is 1.70. The van der Waals surface area contributed by atoms with E-state index in [0.717, 1.165) is 4.47 Å². The van der Waals surface area contributed by atoms with Gasteiger partial charge in [0.2, 0.25) is 0 Å². The lowest BCUT2D eigenvalue weighted by Crippen LogP contribution is -2.19. The van der Waals surface area contributed by atoms with Gasteiger partial charge >= 0.3 is 0 Å². The lowest BCUT2D eigenvalue weighted by Gasteiger charge is -2.10. The summed E-state index contributed by atoms with van der Waals surface area (Å²) in [5.41, 5.74) is 7.29. The maximum absolute atomic E-state index is 12.1. The Morgan fingerprint density at radius 2 is 2.21 bits per heavy atom. The quantitative estimate of drug-likeness (QED) is 0.840. The third-order valence-corrected chi connectivity index (χ3v) is 3.26. The average Bonchev–Trinajstić information content (AvgIpc) is 2.77. The number of nitrogens with zero attached hydrogens (tertiary/aromatic N) is 2. The number of carbonyl (C=O) groups is 1. The molecule has 1 aromatic carbocycles. The Morgan fingerprint density at radius 3 is 2.79 bits per heavy atom. The molecule has 2 aromatic rings. The van der Waals surface area contributed by atoms with Crippen molar-refractivity contribution >= 4 is 44.7 Å². The topological polar surface area (TPSA) is 72.9 Å². The normalized spacial score (nSPS) is 10.2. The van der Waals surface area contributed by atoms with Gasteiger partial charge in [-0.3, -0.25) is 9.48 Å². The summed E-state index contributed by atoms with van der Waals surface area (Å²) in [5, 5.41) is 6.72. The molecule has 0 saturated heterocycles. The van der Waals surface area contributed by atoms with E-state index in [4.69, 9.17) is 18.0 Å². The van der Waals surface area contributed by atoms with Crippen LogP contribution in [-0.4, -0.2) is 20.7 Å². The number of benzene rings is 1. The highest BCUT2D eigenvalue weighted by Crippen LogP contribution is 2.21. The summed E-state index contributed by atoms with van der Waals surface area (Å²) in [6.07, 6.45) is 1.56.